The molecule has 0 aliphatic rings. The zero-order valence-electron chi connectivity index (χ0n) is 18.8. The molecular formula is C24H23NO8S. The van der Waals surface area contributed by atoms with Crippen molar-refractivity contribution in [2.75, 3.05) is 7.11 Å². The number of nitrogens with zero attached hydrogens (tertiary/aromatic N) is 1. The van der Waals surface area contributed by atoms with E-state index in [1.807, 2.05) is 6.92 Å². The molecule has 0 bridgehead atoms. The first-order chi connectivity index (χ1) is 16.1. The fourth-order valence-electron chi connectivity index (χ4n) is 3.14. The average molecular weight is 486 g/mol. The number of hydrogen-bond acceptors (Lipinski definition) is 8. The first-order valence-electron chi connectivity index (χ1n) is 10.2. The van der Waals surface area contributed by atoms with Crippen LogP contribution in [-0.2, 0) is 20.7 Å². The van der Waals surface area contributed by atoms with Gasteiger partial charge in [0.05, 0.1) is 23.0 Å². The van der Waals surface area contributed by atoms with Gasteiger partial charge in [0.15, 0.2) is 0 Å². The largest absolute Gasteiger partial charge is 0.496 e. The molecule has 178 valence electrons. The molecule has 0 saturated heterocycles. The zero-order valence-corrected chi connectivity index (χ0v) is 19.6. The number of aryl methyl sites for hydroxylation is 1. The van der Waals surface area contributed by atoms with Gasteiger partial charge in [0.25, 0.3) is 15.8 Å². The molecule has 3 rings (SSSR count). The SMILES string of the molecule is COc1cc(CC(OS(=O)(=O)c2ccc(C)cc2)/C(C)=C/c2ccc([N+](=O)[O-])cc2)oc(=O)c1. The summed E-state index contributed by atoms with van der Waals surface area (Å²) in [4.78, 5) is 22.2. The van der Waals surface area contributed by atoms with Crippen LogP contribution in [0.5, 0.6) is 5.75 Å². The molecule has 0 spiro atoms. The van der Waals surface area contributed by atoms with Gasteiger partial charge in [-0.05, 0) is 49.2 Å². The summed E-state index contributed by atoms with van der Waals surface area (Å²) in [6.07, 6.45) is 0.543. The molecular weight excluding hydrogens is 462 g/mol. The van der Waals surface area contributed by atoms with Crippen LogP contribution in [0.3, 0.4) is 0 Å². The second kappa shape index (κ2) is 10.4. The van der Waals surface area contributed by atoms with E-state index in [9.17, 15) is 23.3 Å². The van der Waals surface area contributed by atoms with Crippen LogP contribution in [0, 0.1) is 17.0 Å². The maximum atomic E-state index is 13.0. The van der Waals surface area contributed by atoms with E-state index in [2.05, 4.69) is 0 Å². The number of nitro groups is 1. The van der Waals surface area contributed by atoms with Gasteiger partial charge in [-0.3, -0.25) is 14.3 Å². The van der Waals surface area contributed by atoms with E-state index < -0.39 is 26.8 Å². The molecule has 0 aliphatic carbocycles. The summed E-state index contributed by atoms with van der Waals surface area (Å²) in [7, 11) is -2.76. The molecule has 34 heavy (non-hydrogen) atoms. The maximum Gasteiger partial charge on any atom is 0.339 e. The third kappa shape index (κ3) is 6.40. The quantitative estimate of drug-likeness (QED) is 0.250. The Kier molecular flexibility index (Phi) is 7.64. The molecule has 1 atom stereocenters. The maximum absolute atomic E-state index is 13.0. The number of hydrogen-bond donors (Lipinski definition) is 0. The van der Waals surface area contributed by atoms with E-state index in [4.69, 9.17) is 13.3 Å². The van der Waals surface area contributed by atoms with Crippen LogP contribution in [0.15, 0.2) is 80.3 Å². The summed E-state index contributed by atoms with van der Waals surface area (Å²) >= 11 is 0. The molecule has 1 unspecified atom stereocenters. The molecule has 3 aromatic rings. The van der Waals surface area contributed by atoms with Gasteiger partial charge in [-0.2, -0.15) is 8.42 Å². The highest BCUT2D eigenvalue weighted by atomic mass is 32.2. The van der Waals surface area contributed by atoms with Gasteiger partial charge in [0.2, 0.25) is 0 Å². The van der Waals surface area contributed by atoms with E-state index in [1.165, 1.54) is 43.5 Å². The van der Waals surface area contributed by atoms with E-state index in [0.29, 0.717) is 11.1 Å². The number of rotatable bonds is 9. The number of nitro benzene ring substituents is 1. The van der Waals surface area contributed by atoms with Crippen LogP contribution in [0.2, 0.25) is 0 Å². The summed E-state index contributed by atoms with van der Waals surface area (Å²) in [5.74, 6) is 0.438. The molecule has 2 aromatic carbocycles. The fraction of sp³-hybridized carbons (Fsp3) is 0.208. The normalized spacial score (nSPS) is 12.9. The molecule has 0 saturated carbocycles. The number of ether oxygens (including phenoxy) is 1. The first kappa shape index (κ1) is 24.9. The lowest BCUT2D eigenvalue weighted by Gasteiger charge is -2.18. The van der Waals surface area contributed by atoms with Crippen molar-refractivity contribution in [3.63, 3.8) is 0 Å². The van der Waals surface area contributed by atoms with E-state index in [0.717, 1.165) is 5.56 Å². The Labute approximate surface area is 196 Å². The molecule has 0 radical (unpaired) electrons. The minimum absolute atomic E-state index is 0.0154. The summed E-state index contributed by atoms with van der Waals surface area (Å²) in [6, 6.07) is 14.6. The smallest absolute Gasteiger partial charge is 0.339 e. The third-order valence-electron chi connectivity index (χ3n) is 4.98. The van der Waals surface area contributed by atoms with Gasteiger partial charge in [-0.25, -0.2) is 4.79 Å². The molecule has 1 aromatic heterocycles. The zero-order chi connectivity index (χ0) is 24.9. The van der Waals surface area contributed by atoms with Crippen molar-refractivity contribution in [2.45, 2.75) is 31.3 Å². The topological polar surface area (TPSA) is 126 Å². The Morgan fingerprint density at radius 1 is 1.12 bits per heavy atom. The minimum Gasteiger partial charge on any atom is -0.496 e. The van der Waals surface area contributed by atoms with Crippen molar-refractivity contribution in [1.29, 1.82) is 0 Å². The van der Waals surface area contributed by atoms with Crippen molar-refractivity contribution in [3.8, 4) is 5.75 Å². The van der Waals surface area contributed by atoms with Crippen molar-refractivity contribution in [3.05, 3.63) is 104 Å². The van der Waals surface area contributed by atoms with Gasteiger partial charge in [-0.15, -0.1) is 0 Å². The Hall–Kier alpha value is -3.76. The molecule has 10 heteroatoms. The van der Waals surface area contributed by atoms with Crippen LogP contribution >= 0.6 is 0 Å². The van der Waals surface area contributed by atoms with Gasteiger partial charge in [0, 0.05) is 24.6 Å². The Morgan fingerprint density at radius 2 is 1.76 bits per heavy atom. The highest BCUT2D eigenvalue weighted by Gasteiger charge is 2.25. The number of methoxy groups -OCH3 is 1. The van der Waals surface area contributed by atoms with Crippen molar-refractivity contribution in [2.24, 2.45) is 0 Å². The predicted octanol–water partition coefficient (Wildman–Crippen LogP) is 4.29. The first-order valence-corrected chi connectivity index (χ1v) is 11.6. The van der Waals surface area contributed by atoms with Crippen LogP contribution in [0.25, 0.3) is 6.08 Å². The summed E-state index contributed by atoms with van der Waals surface area (Å²) in [5.41, 5.74) is 1.28. The Balaban J connectivity index is 1.98. The van der Waals surface area contributed by atoms with Gasteiger partial charge in [0.1, 0.15) is 17.6 Å². The predicted molar refractivity (Wildman–Crippen MR) is 125 cm³/mol. The van der Waals surface area contributed by atoms with Crippen molar-refractivity contribution < 1.29 is 26.7 Å². The minimum atomic E-state index is -4.16. The molecule has 0 amide bonds. The van der Waals surface area contributed by atoms with E-state index >= 15 is 0 Å². The van der Waals surface area contributed by atoms with Crippen LogP contribution < -0.4 is 10.4 Å². The van der Waals surface area contributed by atoms with Crippen LogP contribution in [0.4, 0.5) is 5.69 Å². The van der Waals surface area contributed by atoms with Crippen molar-refractivity contribution in [1.82, 2.24) is 0 Å². The number of benzene rings is 2. The summed E-state index contributed by atoms with van der Waals surface area (Å²) in [5, 5.41) is 10.9. The molecule has 0 N–H and O–H groups in total. The van der Waals surface area contributed by atoms with Crippen LogP contribution in [0.1, 0.15) is 23.8 Å². The monoisotopic (exact) mass is 485 g/mol. The lowest BCUT2D eigenvalue weighted by atomic mass is 10.0. The molecule has 9 nitrogen and oxygen atoms in total. The van der Waals surface area contributed by atoms with Crippen molar-refractivity contribution >= 4 is 21.9 Å². The molecule has 0 aliphatic heterocycles. The third-order valence-corrected chi connectivity index (χ3v) is 6.31. The number of non-ortho nitro benzene ring substituents is 1. The van der Waals surface area contributed by atoms with Crippen LogP contribution in [-0.4, -0.2) is 26.6 Å². The Morgan fingerprint density at radius 3 is 2.35 bits per heavy atom. The molecule has 1 heterocycles. The fourth-order valence-corrected chi connectivity index (χ4v) is 4.24. The summed E-state index contributed by atoms with van der Waals surface area (Å²) < 4.78 is 41.8. The standard InChI is InChI=1S/C24H23NO8S/c1-16-4-10-22(11-5-16)34(29,30)33-23(14-21-13-20(31-3)15-24(26)32-21)17(2)12-18-6-8-19(9-7-18)25(27)28/h4-13,15,23H,14H2,1-3H3/b17-12+. The summed E-state index contributed by atoms with van der Waals surface area (Å²) in [6.45, 7) is 3.50. The van der Waals surface area contributed by atoms with Gasteiger partial charge >= 0.3 is 5.63 Å². The van der Waals surface area contributed by atoms with Gasteiger partial charge in [-0.1, -0.05) is 23.8 Å². The lowest BCUT2D eigenvalue weighted by Crippen LogP contribution is -2.23. The lowest BCUT2D eigenvalue weighted by molar-refractivity contribution is -0.384. The second-order valence-electron chi connectivity index (χ2n) is 7.58. The van der Waals surface area contributed by atoms with E-state index in [-0.39, 0.29) is 28.5 Å². The highest BCUT2D eigenvalue weighted by Crippen LogP contribution is 2.24. The van der Waals surface area contributed by atoms with Gasteiger partial charge < -0.3 is 9.15 Å². The average Bonchev–Trinajstić information content (AvgIpc) is 2.78. The van der Waals surface area contributed by atoms with E-state index in [1.54, 1.807) is 37.3 Å². The Bertz CT molecular complexity index is 1360. The highest BCUT2D eigenvalue weighted by molar-refractivity contribution is 7.86. The second-order valence-corrected chi connectivity index (χ2v) is 9.15. The molecule has 0 fully saturated rings.